The number of aliphatic hydroxyl groups excluding tert-OH is 2. The summed E-state index contributed by atoms with van der Waals surface area (Å²) in [5, 5.41) is 19.0. The van der Waals surface area contributed by atoms with E-state index in [-0.39, 0.29) is 25.6 Å². The van der Waals surface area contributed by atoms with E-state index in [9.17, 15) is 15.0 Å². The zero-order valence-corrected chi connectivity index (χ0v) is 8.18. The molecular weight excluding hydrogens is 212 g/mol. The minimum Gasteiger partial charge on any atom is -0.447 e. The highest BCUT2D eigenvalue weighted by molar-refractivity contribution is 5.85. The van der Waals surface area contributed by atoms with Crippen LogP contribution < -0.4 is 5.73 Å². The number of nitrogens with zero attached hydrogens (tertiary/aromatic N) is 1. The first kappa shape index (κ1) is 11.5. The molecule has 0 saturated carbocycles. The lowest BCUT2D eigenvalue weighted by Crippen LogP contribution is -2.43. The normalized spacial score (nSPS) is 40.5. The third-order valence-electron chi connectivity index (χ3n) is 2.68. The Balaban J connectivity index is 0.000000980. The average Bonchev–Trinajstić information content (AvgIpc) is 2.58. The van der Waals surface area contributed by atoms with Gasteiger partial charge in [-0.15, -0.1) is 12.4 Å². The molecule has 0 aromatic heterocycles. The van der Waals surface area contributed by atoms with E-state index in [1.165, 1.54) is 4.90 Å². The molecule has 2 aliphatic heterocycles. The van der Waals surface area contributed by atoms with Gasteiger partial charge in [-0.05, 0) is 0 Å². The Morgan fingerprint density at radius 2 is 2.14 bits per heavy atom. The van der Waals surface area contributed by atoms with E-state index in [0.29, 0.717) is 0 Å². The Bertz CT molecular complexity index is 238. The first-order valence-electron chi connectivity index (χ1n) is 4.18. The molecule has 0 aromatic carbocycles. The predicted molar refractivity (Wildman–Crippen MR) is 49.1 cm³/mol. The van der Waals surface area contributed by atoms with Crippen molar-refractivity contribution >= 4 is 18.5 Å². The van der Waals surface area contributed by atoms with E-state index in [2.05, 4.69) is 0 Å². The van der Waals surface area contributed by atoms with Crippen molar-refractivity contribution in [2.75, 3.05) is 13.2 Å². The summed E-state index contributed by atoms with van der Waals surface area (Å²) in [5.41, 5.74) is 5.38. The maximum absolute atomic E-state index is 11.1. The molecular formula is C7H13ClN2O4. The molecule has 14 heavy (non-hydrogen) atoms. The Kier molecular flexibility index (Phi) is 3.20. The van der Waals surface area contributed by atoms with Crippen LogP contribution in [-0.4, -0.2) is 58.6 Å². The SMILES string of the molecule is Cl.NC[C@@H]1[C@H](O)[C@H](O)[C@H]2COC(=O)N12. The van der Waals surface area contributed by atoms with E-state index in [4.69, 9.17) is 10.5 Å². The van der Waals surface area contributed by atoms with E-state index in [1.807, 2.05) is 0 Å². The minimum atomic E-state index is -0.956. The van der Waals surface area contributed by atoms with Crippen molar-refractivity contribution < 1.29 is 19.7 Å². The highest BCUT2D eigenvalue weighted by Gasteiger charge is 2.53. The first-order chi connectivity index (χ1) is 6.16. The van der Waals surface area contributed by atoms with Crippen LogP contribution in [0.2, 0.25) is 0 Å². The number of fused-ring (bicyclic) bond motifs is 1. The van der Waals surface area contributed by atoms with Gasteiger partial charge in [0.2, 0.25) is 0 Å². The molecule has 0 bridgehead atoms. The molecule has 4 N–H and O–H groups in total. The van der Waals surface area contributed by atoms with Crippen molar-refractivity contribution in [2.45, 2.75) is 24.3 Å². The highest BCUT2D eigenvalue weighted by Crippen LogP contribution is 2.29. The van der Waals surface area contributed by atoms with Gasteiger partial charge in [0, 0.05) is 6.54 Å². The predicted octanol–water partition coefficient (Wildman–Crippen LogP) is -1.71. The fourth-order valence-electron chi connectivity index (χ4n) is 1.96. The van der Waals surface area contributed by atoms with Gasteiger partial charge in [-0.1, -0.05) is 0 Å². The molecule has 0 radical (unpaired) electrons. The van der Waals surface area contributed by atoms with Crippen molar-refractivity contribution in [3.63, 3.8) is 0 Å². The Morgan fingerprint density at radius 3 is 2.71 bits per heavy atom. The molecule has 0 aromatic rings. The van der Waals surface area contributed by atoms with Crippen molar-refractivity contribution in [1.82, 2.24) is 4.90 Å². The summed E-state index contributed by atoms with van der Waals surface area (Å²) >= 11 is 0. The average molecular weight is 225 g/mol. The van der Waals surface area contributed by atoms with Crippen molar-refractivity contribution in [3.05, 3.63) is 0 Å². The maximum atomic E-state index is 11.1. The van der Waals surface area contributed by atoms with Gasteiger partial charge in [0.1, 0.15) is 18.8 Å². The number of ether oxygens (including phenoxy) is 1. The zero-order chi connectivity index (χ0) is 9.59. The largest absolute Gasteiger partial charge is 0.447 e. The van der Waals surface area contributed by atoms with Crippen LogP contribution >= 0.6 is 12.4 Å². The van der Waals surface area contributed by atoms with E-state index in [1.54, 1.807) is 0 Å². The molecule has 82 valence electrons. The van der Waals surface area contributed by atoms with Gasteiger partial charge in [-0.25, -0.2) is 4.79 Å². The molecule has 4 atom stereocenters. The van der Waals surface area contributed by atoms with Crippen LogP contribution in [0.25, 0.3) is 0 Å². The van der Waals surface area contributed by atoms with Gasteiger partial charge in [0.25, 0.3) is 0 Å². The van der Waals surface area contributed by atoms with Crippen molar-refractivity contribution in [2.24, 2.45) is 5.73 Å². The van der Waals surface area contributed by atoms with E-state index < -0.39 is 30.4 Å². The fourth-order valence-corrected chi connectivity index (χ4v) is 1.96. The van der Waals surface area contributed by atoms with Crippen LogP contribution in [0.5, 0.6) is 0 Å². The Labute approximate surface area is 87.0 Å². The summed E-state index contributed by atoms with van der Waals surface area (Å²) < 4.78 is 4.73. The number of hydrogen-bond acceptors (Lipinski definition) is 5. The summed E-state index contributed by atoms with van der Waals surface area (Å²) in [6.07, 6.45) is -2.40. The van der Waals surface area contributed by atoms with Gasteiger partial charge >= 0.3 is 6.09 Å². The van der Waals surface area contributed by atoms with Crippen LogP contribution in [0.1, 0.15) is 0 Å². The fraction of sp³-hybridized carbons (Fsp3) is 0.857. The maximum Gasteiger partial charge on any atom is 0.410 e. The lowest BCUT2D eigenvalue weighted by atomic mass is 10.1. The summed E-state index contributed by atoms with van der Waals surface area (Å²) in [7, 11) is 0. The summed E-state index contributed by atoms with van der Waals surface area (Å²) in [6.45, 7) is 0.261. The quantitative estimate of drug-likeness (QED) is 0.493. The molecule has 0 spiro atoms. The van der Waals surface area contributed by atoms with Crippen LogP contribution in [0.4, 0.5) is 4.79 Å². The number of hydrogen-bond donors (Lipinski definition) is 3. The molecule has 2 saturated heterocycles. The van der Waals surface area contributed by atoms with Crippen molar-refractivity contribution in [1.29, 1.82) is 0 Å². The number of nitrogens with two attached hydrogens (primary N) is 1. The standard InChI is InChI=1S/C7H12N2O4.ClH/c8-1-3-5(10)6(11)4-2-13-7(12)9(3)4;/h3-6,10-11H,1-2,8H2;1H/t3-,4-,5+,6-;/m1./s1. The number of halogens is 1. The molecule has 6 nitrogen and oxygen atoms in total. The molecule has 1 amide bonds. The Hall–Kier alpha value is -0.560. The van der Waals surface area contributed by atoms with Gasteiger partial charge in [-0.2, -0.15) is 0 Å². The lowest BCUT2D eigenvalue weighted by molar-refractivity contribution is 0.0198. The number of amides is 1. The molecule has 7 heteroatoms. The second-order valence-corrected chi connectivity index (χ2v) is 3.34. The number of cyclic esters (lactones) is 1. The second kappa shape index (κ2) is 3.90. The molecule has 2 fully saturated rings. The molecule has 0 aliphatic carbocycles. The van der Waals surface area contributed by atoms with Gasteiger partial charge < -0.3 is 20.7 Å². The van der Waals surface area contributed by atoms with Gasteiger partial charge in [0.15, 0.2) is 0 Å². The topological polar surface area (TPSA) is 96.0 Å². The van der Waals surface area contributed by atoms with E-state index >= 15 is 0 Å². The van der Waals surface area contributed by atoms with Gasteiger partial charge in [-0.3, -0.25) is 4.90 Å². The second-order valence-electron chi connectivity index (χ2n) is 3.34. The molecule has 0 unspecified atom stereocenters. The smallest absolute Gasteiger partial charge is 0.410 e. The monoisotopic (exact) mass is 224 g/mol. The Morgan fingerprint density at radius 1 is 1.50 bits per heavy atom. The van der Waals surface area contributed by atoms with Crippen LogP contribution in [0.3, 0.4) is 0 Å². The van der Waals surface area contributed by atoms with Crippen LogP contribution in [0, 0.1) is 0 Å². The molecule has 2 aliphatic rings. The molecule has 2 heterocycles. The number of aliphatic hydroxyl groups is 2. The third kappa shape index (κ3) is 1.35. The number of rotatable bonds is 1. The van der Waals surface area contributed by atoms with Gasteiger partial charge in [0.05, 0.1) is 12.1 Å². The highest BCUT2D eigenvalue weighted by atomic mass is 35.5. The third-order valence-corrected chi connectivity index (χ3v) is 2.68. The van der Waals surface area contributed by atoms with Crippen LogP contribution in [-0.2, 0) is 4.74 Å². The zero-order valence-electron chi connectivity index (χ0n) is 7.37. The van der Waals surface area contributed by atoms with E-state index in [0.717, 1.165) is 0 Å². The number of carbonyl (C=O) groups is 1. The molecule has 2 rings (SSSR count). The van der Waals surface area contributed by atoms with Crippen molar-refractivity contribution in [3.8, 4) is 0 Å². The number of carbonyl (C=O) groups excluding carboxylic acids is 1. The summed E-state index contributed by atoms with van der Waals surface area (Å²) in [4.78, 5) is 12.5. The minimum absolute atomic E-state index is 0. The summed E-state index contributed by atoms with van der Waals surface area (Å²) in [6, 6.07) is -0.953. The summed E-state index contributed by atoms with van der Waals surface area (Å²) in [5.74, 6) is 0. The first-order valence-corrected chi connectivity index (χ1v) is 4.18. The lowest BCUT2D eigenvalue weighted by Gasteiger charge is -2.20. The van der Waals surface area contributed by atoms with Crippen LogP contribution in [0.15, 0.2) is 0 Å².